The van der Waals surface area contributed by atoms with Crippen molar-refractivity contribution in [2.45, 2.75) is 45.8 Å². The van der Waals surface area contributed by atoms with Crippen LogP contribution in [0.15, 0.2) is 24.3 Å². The van der Waals surface area contributed by atoms with Crippen LogP contribution in [0.2, 0.25) is 0 Å². The highest BCUT2D eigenvalue weighted by atomic mass is 16.2. The van der Waals surface area contributed by atoms with E-state index < -0.39 is 6.04 Å². The number of hydrogen-bond acceptors (Lipinski definition) is 3. The lowest BCUT2D eigenvalue weighted by Gasteiger charge is -2.30. The Labute approximate surface area is 127 Å². The Kier molecular flexibility index (Phi) is 5.76. The Balaban J connectivity index is 1.87. The molecule has 0 aliphatic carbocycles. The largest absolute Gasteiger partial charge is 0.351 e. The molecule has 21 heavy (non-hydrogen) atoms. The molecule has 1 saturated heterocycles. The molecule has 1 aromatic rings. The van der Waals surface area contributed by atoms with E-state index in [0.29, 0.717) is 6.54 Å². The molecule has 0 aromatic heterocycles. The summed E-state index contributed by atoms with van der Waals surface area (Å²) >= 11 is 0. The van der Waals surface area contributed by atoms with Gasteiger partial charge in [0, 0.05) is 13.1 Å². The summed E-state index contributed by atoms with van der Waals surface area (Å²) in [5.41, 5.74) is 7.99. The lowest BCUT2D eigenvalue weighted by atomic mass is 9.98. The summed E-state index contributed by atoms with van der Waals surface area (Å²) in [7, 11) is 0. The normalized spacial score (nSPS) is 18.4. The van der Waals surface area contributed by atoms with Gasteiger partial charge in [-0.2, -0.15) is 0 Å². The summed E-state index contributed by atoms with van der Waals surface area (Å²) in [4.78, 5) is 14.0. The highest BCUT2D eigenvalue weighted by Gasteiger charge is 2.15. The first-order valence-corrected chi connectivity index (χ1v) is 7.88. The van der Waals surface area contributed by atoms with Gasteiger partial charge < -0.3 is 11.1 Å². The summed E-state index contributed by atoms with van der Waals surface area (Å²) in [5.74, 6) is 0.756. The third kappa shape index (κ3) is 5.14. The van der Waals surface area contributed by atoms with Crippen LogP contribution in [-0.2, 0) is 17.9 Å². The first kappa shape index (κ1) is 16.0. The Hall–Kier alpha value is -1.39. The summed E-state index contributed by atoms with van der Waals surface area (Å²) in [5, 5.41) is 2.86. The zero-order valence-electron chi connectivity index (χ0n) is 13.1. The van der Waals surface area contributed by atoms with Crippen molar-refractivity contribution in [3.8, 4) is 0 Å². The van der Waals surface area contributed by atoms with E-state index in [9.17, 15) is 4.79 Å². The van der Waals surface area contributed by atoms with Crippen LogP contribution in [0.4, 0.5) is 0 Å². The number of benzene rings is 1. The fourth-order valence-corrected chi connectivity index (χ4v) is 2.67. The molecule has 1 aromatic carbocycles. The fourth-order valence-electron chi connectivity index (χ4n) is 2.67. The maximum absolute atomic E-state index is 11.5. The molecule has 2 rings (SSSR count). The molecule has 1 aliphatic heterocycles. The van der Waals surface area contributed by atoms with Crippen LogP contribution in [0, 0.1) is 5.92 Å². The average Bonchev–Trinajstić information content (AvgIpc) is 2.47. The van der Waals surface area contributed by atoms with Crippen molar-refractivity contribution >= 4 is 5.91 Å². The van der Waals surface area contributed by atoms with Crippen LogP contribution in [0.25, 0.3) is 0 Å². The number of carbonyl (C=O) groups excluding carboxylic acids is 1. The lowest BCUT2D eigenvalue weighted by molar-refractivity contribution is -0.122. The highest BCUT2D eigenvalue weighted by Crippen LogP contribution is 2.18. The van der Waals surface area contributed by atoms with Crippen molar-refractivity contribution < 1.29 is 4.79 Å². The second-order valence-corrected chi connectivity index (χ2v) is 6.29. The summed E-state index contributed by atoms with van der Waals surface area (Å²) in [6.07, 6.45) is 2.59. The number of likely N-dealkylation sites (tertiary alicyclic amines) is 1. The van der Waals surface area contributed by atoms with Crippen molar-refractivity contribution in [1.82, 2.24) is 10.2 Å². The summed E-state index contributed by atoms with van der Waals surface area (Å²) < 4.78 is 0. The number of nitrogens with zero attached hydrogens (tertiary/aromatic N) is 1. The summed E-state index contributed by atoms with van der Waals surface area (Å²) in [6, 6.07) is 8.00. The topological polar surface area (TPSA) is 58.4 Å². The van der Waals surface area contributed by atoms with Gasteiger partial charge in [0.1, 0.15) is 0 Å². The van der Waals surface area contributed by atoms with Gasteiger partial charge >= 0.3 is 0 Å². The van der Waals surface area contributed by atoms with Crippen LogP contribution in [0.3, 0.4) is 0 Å². The Morgan fingerprint density at radius 1 is 1.38 bits per heavy atom. The van der Waals surface area contributed by atoms with E-state index in [-0.39, 0.29) is 5.91 Å². The lowest BCUT2D eigenvalue weighted by Crippen LogP contribution is -2.37. The van der Waals surface area contributed by atoms with Crippen LogP contribution < -0.4 is 11.1 Å². The SMILES string of the molecule is CC1CCN(Cc2cccc(CNC(=O)[C@@H](C)N)c2)CC1. The van der Waals surface area contributed by atoms with Gasteiger partial charge in [-0.15, -0.1) is 0 Å². The quantitative estimate of drug-likeness (QED) is 0.870. The molecule has 0 bridgehead atoms. The third-order valence-electron chi connectivity index (χ3n) is 4.15. The number of amides is 1. The molecule has 0 saturated carbocycles. The molecule has 1 atom stereocenters. The molecule has 1 heterocycles. The monoisotopic (exact) mass is 289 g/mol. The first-order chi connectivity index (χ1) is 10.0. The third-order valence-corrected chi connectivity index (χ3v) is 4.15. The van der Waals surface area contributed by atoms with Gasteiger partial charge in [0.2, 0.25) is 5.91 Å². The van der Waals surface area contributed by atoms with Crippen LogP contribution in [0.5, 0.6) is 0 Å². The first-order valence-electron chi connectivity index (χ1n) is 7.88. The van der Waals surface area contributed by atoms with Gasteiger partial charge in [-0.3, -0.25) is 9.69 Å². The van der Waals surface area contributed by atoms with Gasteiger partial charge in [0.25, 0.3) is 0 Å². The van der Waals surface area contributed by atoms with E-state index in [0.717, 1.165) is 18.0 Å². The van der Waals surface area contributed by atoms with Crippen LogP contribution in [0.1, 0.15) is 37.8 Å². The minimum atomic E-state index is -0.455. The molecule has 1 amide bonds. The zero-order chi connectivity index (χ0) is 15.2. The fraction of sp³-hybridized carbons (Fsp3) is 0.588. The van der Waals surface area contributed by atoms with Crippen LogP contribution >= 0.6 is 0 Å². The van der Waals surface area contributed by atoms with Gasteiger partial charge in [-0.05, 0) is 49.9 Å². The average molecular weight is 289 g/mol. The maximum Gasteiger partial charge on any atom is 0.236 e. The smallest absolute Gasteiger partial charge is 0.236 e. The molecule has 0 unspecified atom stereocenters. The highest BCUT2D eigenvalue weighted by molar-refractivity contribution is 5.80. The maximum atomic E-state index is 11.5. The number of piperidine rings is 1. The van der Waals surface area contributed by atoms with E-state index in [2.05, 4.69) is 35.3 Å². The van der Waals surface area contributed by atoms with E-state index in [1.165, 1.54) is 31.5 Å². The van der Waals surface area contributed by atoms with E-state index in [1.54, 1.807) is 6.92 Å². The van der Waals surface area contributed by atoms with E-state index in [4.69, 9.17) is 5.73 Å². The molecule has 116 valence electrons. The molecular weight excluding hydrogens is 262 g/mol. The van der Waals surface area contributed by atoms with Crippen LogP contribution in [-0.4, -0.2) is 29.9 Å². The molecule has 1 aliphatic rings. The van der Waals surface area contributed by atoms with Crippen molar-refractivity contribution in [3.63, 3.8) is 0 Å². The predicted molar refractivity (Wildman–Crippen MR) is 85.6 cm³/mol. The van der Waals surface area contributed by atoms with E-state index in [1.807, 2.05) is 6.07 Å². The van der Waals surface area contributed by atoms with Crippen molar-refractivity contribution in [2.24, 2.45) is 11.7 Å². The number of nitrogens with two attached hydrogens (primary N) is 1. The second kappa shape index (κ2) is 7.57. The number of rotatable bonds is 5. The second-order valence-electron chi connectivity index (χ2n) is 6.29. The number of hydrogen-bond donors (Lipinski definition) is 2. The molecule has 4 heteroatoms. The number of nitrogens with one attached hydrogen (secondary N) is 1. The molecule has 4 nitrogen and oxygen atoms in total. The standard InChI is InChI=1S/C17H27N3O/c1-13-6-8-20(9-7-13)12-16-5-3-4-15(10-16)11-19-17(21)14(2)18/h3-5,10,13-14H,6-9,11-12,18H2,1-2H3,(H,19,21)/t14-/m1/s1. The Morgan fingerprint density at radius 3 is 2.71 bits per heavy atom. The van der Waals surface area contributed by atoms with Crippen molar-refractivity contribution in [3.05, 3.63) is 35.4 Å². The minimum Gasteiger partial charge on any atom is -0.351 e. The van der Waals surface area contributed by atoms with Crippen molar-refractivity contribution in [1.29, 1.82) is 0 Å². The Bertz CT molecular complexity index is 465. The number of carbonyl (C=O) groups is 1. The van der Waals surface area contributed by atoms with Gasteiger partial charge in [0.15, 0.2) is 0 Å². The predicted octanol–water partition coefficient (Wildman–Crippen LogP) is 1.88. The molecule has 1 fully saturated rings. The molecule has 3 N–H and O–H groups in total. The van der Waals surface area contributed by atoms with Gasteiger partial charge in [-0.1, -0.05) is 31.2 Å². The van der Waals surface area contributed by atoms with E-state index >= 15 is 0 Å². The van der Waals surface area contributed by atoms with Gasteiger partial charge in [-0.25, -0.2) is 0 Å². The minimum absolute atomic E-state index is 0.106. The van der Waals surface area contributed by atoms with Gasteiger partial charge in [0.05, 0.1) is 6.04 Å². The molecule has 0 radical (unpaired) electrons. The molecule has 0 spiro atoms. The molecular formula is C17H27N3O. The van der Waals surface area contributed by atoms with Crippen molar-refractivity contribution in [2.75, 3.05) is 13.1 Å². The Morgan fingerprint density at radius 2 is 2.05 bits per heavy atom. The zero-order valence-corrected chi connectivity index (χ0v) is 13.1. The summed E-state index contributed by atoms with van der Waals surface area (Å²) in [6.45, 7) is 7.95.